The van der Waals surface area contributed by atoms with Crippen molar-refractivity contribution in [3.05, 3.63) is 0 Å². The highest BCUT2D eigenvalue weighted by Gasteiger charge is 2.68. The quantitative estimate of drug-likeness (QED) is 0.762. The Morgan fingerprint density at radius 3 is 2.00 bits per heavy atom. The van der Waals surface area contributed by atoms with Gasteiger partial charge in [0.2, 0.25) is 5.91 Å². The summed E-state index contributed by atoms with van der Waals surface area (Å²) in [4.78, 5) is 16.7. The summed E-state index contributed by atoms with van der Waals surface area (Å²) in [6.45, 7) is 13.8. The van der Waals surface area contributed by atoms with Crippen LogP contribution in [-0.2, 0) is 4.79 Å². The predicted octanol–water partition coefficient (Wildman–Crippen LogP) is 1.72. The standard InChI is InChI=1S/C15H25N3O/c1-11(10-16)17-6-8-18(9-7-17)13(19)12-14(2,3)15(12,4)5/h11-12H,6-9H2,1-5H3. The summed E-state index contributed by atoms with van der Waals surface area (Å²) >= 11 is 0. The van der Waals surface area contributed by atoms with Crippen molar-refractivity contribution in [1.82, 2.24) is 9.80 Å². The largest absolute Gasteiger partial charge is 0.340 e. The van der Waals surface area contributed by atoms with Gasteiger partial charge in [-0.15, -0.1) is 0 Å². The molecule has 1 aliphatic heterocycles. The summed E-state index contributed by atoms with van der Waals surface area (Å²) in [6, 6.07) is 2.21. The molecular weight excluding hydrogens is 238 g/mol. The van der Waals surface area contributed by atoms with Crippen LogP contribution < -0.4 is 0 Å². The van der Waals surface area contributed by atoms with Gasteiger partial charge in [-0.1, -0.05) is 27.7 Å². The predicted molar refractivity (Wildman–Crippen MR) is 74.3 cm³/mol. The highest BCUT2D eigenvalue weighted by Crippen LogP contribution is 2.68. The Balaban J connectivity index is 1.93. The zero-order valence-corrected chi connectivity index (χ0v) is 12.7. The normalized spacial score (nSPS) is 27.7. The monoisotopic (exact) mass is 263 g/mol. The molecule has 2 fully saturated rings. The fourth-order valence-corrected chi connectivity index (χ4v) is 3.41. The third-order valence-corrected chi connectivity index (χ3v) is 5.63. The minimum absolute atomic E-state index is 0.0499. The fraction of sp³-hybridized carbons (Fsp3) is 0.867. The van der Waals surface area contributed by atoms with Crippen LogP contribution in [0.1, 0.15) is 34.6 Å². The van der Waals surface area contributed by atoms with Crippen LogP contribution in [0.15, 0.2) is 0 Å². The lowest BCUT2D eigenvalue weighted by atomic mass is 10.0. The lowest BCUT2D eigenvalue weighted by Gasteiger charge is -2.36. The number of carbonyl (C=O) groups excluding carboxylic acids is 1. The van der Waals surface area contributed by atoms with E-state index in [2.05, 4.69) is 38.7 Å². The molecule has 4 heteroatoms. The molecule has 1 saturated heterocycles. The minimum atomic E-state index is -0.0499. The Morgan fingerprint density at radius 2 is 1.63 bits per heavy atom. The third kappa shape index (κ3) is 2.14. The van der Waals surface area contributed by atoms with Gasteiger partial charge in [0.25, 0.3) is 0 Å². The van der Waals surface area contributed by atoms with Gasteiger partial charge in [0.1, 0.15) is 0 Å². The first kappa shape index (κ1) is 14.3. The van der Waals surface area contributed by atoms with Gasteiger partial charge in [0.05, 0.1) is 12.1 Å². The highest BCUT2D eigenvalue weighted by molar-refractivity contribution is 5.84. The van der Waals surface area contributed by atoms with Crippen molar-refractivity contribution in [2.45, 2.75) is 40.7 Å². The first-order valence-electron chi connectivity index (χ1n) is 7.16. The van der Waals surface area contributed by atoms with Crippen LogP contribution in [0.3, 0.4) is 0 Å². The number of nitriles is 1. The number of hydrogen-bond acceptors (Lipinski definition) is 3. The summed E-state index contributed by atoms with van der Waals surface area (Å²) in [5.74, 6) is 0.458. The number of piperazine rings is 1. The second-order valence-electron chi connectivity index (χ2n) is 7.04. The maximum atomic E-state index is 12.6. The van der Waals surface area contributed by atoms with Crippen molar-refractivity contribution >= 4 is 5.91 Å². The maximum Gasteiger partial charge on any atom is 0.226 e. The van der Waals surface area contributed by atoms with E-state index in [0.29, 0.717) is 5.91 Å². The van der Waals surface area contributed by atoms with E-state index in [9.17, 15) is 4.79 Å². The summed E-state index contributed by atoms with van der Waals surface area (Å²) in [6.07, 6.45) is 0. The Kier molecular flexibility index (Phi) is 3.38. The van der Waals surface area contributed by atoms with Crippen molar-refractivity contribution in [3.63, 3.8) is 0 Å². The second-order valence-corrected chi connectivity index (χ2v) is 7.04. The molecule has 1 saturated carbocycles. The maximum absolute atomic E-state index is 12.6. The SMILES string of the molecule is CC(C#N)N1CCN(C(=O)C2C(C)(C)C2(C)C)CC1. The molecule has 1 aliphatic carbocycles. The first-order valence-corrected chi connectivity index (χ1v) is 7.16. The summed E-state index contributed by atoms with van der Waals surface area (Å²) in [5.41, 5.74) is 0.225. The average Bonchev–Trinajstić information content (AvgIpc) is 2.78. The number of carbonyl (C=O) groups is 1. The molecule has 0 aromatic carbocycles. The second kappa shape index (κ2) is 4.49. The Hall–Kier alpha value is -1.08. The topological polar surface area (TPSA) is 47.3 Å². The molecule has 0 spiro atoms. The van der Waals surface area contributed by atoms with Crippen molar-refractivity contribution in [3.8, 4) is 6.07 Å². The van der Waals surface area contributed by atoms with Crippen LogP contribution in [-0.4, -0.2) is 47.9 Å². The van der Waals surface area contributed by atoms with E-state index >= 15 is 0 Å². The van der Waals surface area contributed by atoms with E-state index in [1.54, 1.807) is 0 Å². The third-order valence-electron chi connectivity index (χ3n) is 5.63. The minimum Gasteiger partial charge on any atom is -0.340 e. The van der Waals surface area contributed by atoms with Gasteiger partial charge >= 0.3 is 0 Å². The Morgan fingerprint density at radius 1 is 1.16 bits per heavy atom. The van der Waals surface area contributed by atoms with Gasteiger partial charge in [0, 0.05) is 32.1 Å². The fourth-order valence-electron chi connectivity index (χ4n) is 3.41. The zero-order chi connectivity index (χ0) is 14.4. The molecule has 106 valence electrons. The van der Waals surface area contributed by atoms with E-state index in [-0.39, 0.29) is 22.8 Å². The van der Waals surface area contributed by atoms with Crippen LogP contribution in [0.25, 0.3) is 0 Å². The molecule has 2 aliphatic rings. The van der Waals surface area contributed by atoms with Crippen LogP contribution in [0.2, 0.25) is 0 Å². The molecule has 0 N–H and O–H groups in total. The Labute approximate surface area is 116 Å². The van der Waals surface area contributed by atoms with Crippen molar-refractivity contribution < 1.29 is 4.79 Å². The molecule has 0 bridgehead atoms. The van der Waals surface area contributed by atoms with Gasteiger partial charge in [-0.25, -0.2) is 0 Å². The molecule has 0 aromatic rings. The van der Waals surface area contributed by atoms with Crippen LogP contribution in [0, 0.1) is 28.1 Å². The lowest BCUT2D eigenvalue weighted by molar-refractivity contribution is -0.135. The molecule has 19 heavy (non-hydrogen) atoms. The van der Waals surface area contributed by atoms with E-state index < -0.39 is 0 Å². The Bertz CT molecular complexity index is 400. The molecule has 0 aromatic heterocycles. The van der Waals surface area contributed by atoms with Gasteiger partial charge in [-0.3, -0.25) is 9.69 Å². The molecule has 0 radical (unpaired) electrons. The van der Waals surface area contributed by atoms with Crippen molar-refractivity contribution in [1.29, 1.82) is 5.26 Å². The first-order chi connectivity index (χ1) is 8.73. The number of nitrogens with zero attached hydrogens (tertiary/aromatic N) is 3. The van der Waals surface area contributed by atoms with Crippen molar-refractivity contribution in [2.75, 3.05) is 26.2 Å². The van der Waals surface area contributed by atoms with E-state index in [1.165, 1.54) is 0 Å². The van der Waals surface area contributed by atoms with Crippen molar-refractivity contribution in [2.24, 2.45) is 16.7 Å². The number of amides is 1. The van der Waals surface area contributed by atoms with Gasteiger partial charge < -0.3 is 4.90 Å². The van der Waals surface area contributed by atoms with E-state index in [0.717, 1.165) is 26.2 Å². The zero-order valence-electron chi connectivity index (χ0n) is 12.7. The molecule has 1 amide bonds. The van der Waals surface area contributed by atoms with Crippen LogP contribution >= 0.6 is 0 Å². The van der Waals surface area contributed by atoms with E-state index in [4.69, 9.17) is 5.26 Å². The lowest BCUT2D eigenvalue weighted by Crippen LogP contribution is -2.51. The van der Waals surface area contributed by atoms with Gasteiger partial charge in [-0.05, 0) is 17.8 Å². The molecular formula is C15H25N3O. The summed E-state index contributed by atoms with van der Waals surface area (Å²) in [5, 5.41) is 8.93. The number of hydrogen-bond donors (Lipinski definition) is 0. The molecule has 1 heterocycles. The van der Waals surface area contributed by atoms with Crippen LogP contribution in [0.5, 0.6) is 0 Å². The van der Waals surface area contributed by atoms with Crippen LogP contribution in [0.4, 0.5) is 0 Å². The molecule has 2 rings (SSSR count). The highest BCUT2D eigenvalue weighted by atomic mass is 16.2. The average molecular weight is 263 g/mol. The molecule has 1 atom stereocenters. The summed E-state index contributed by atoms with van der Waals surface area (Å²) in [7, 11) is 0. The van der Waals surface area contributed by atoms with Gasteiger partial charge in [-0.2, -0.15) is 5.26 Å². The molecule has 4 nitrogen and oxygen atoms in total. The number of rotatable bonds is 2. The molecule has 1 unspecified atom stereocenters. The smallest absolute Gasteiger partial charge is 0.226 e. The summed E-state index contributed by atoms with van der Waals surface area (Å²) < 4.78 is 0. The van der Waals surface area contributed by atoms with Gasteiger partial charge in [0.15, 0.2) is 0 Å². The van der Waals surface area contributed by atoms with E-state index in [1.807, 2.05) is 11.8 Å².